The highest BCUT2D eigenvalue weighted by Crippen LogP contribution is 2.04. The molecule has 0 saturated heterocycles. The van der Waals surface area contributed by atoms with E-state index < -0.39 is 5.97 Å². The Morgan fingerprint density at radius 2 is 2.25 bits per heavy atom. The highest BCUT2D eigenvalue weighted by atomic mass is 16.4. The molecule has 2 radical (unpaired) electrons. The van der Waals surface area contributed by atoms with Crippen molar-refractivity contribution in [2.75, 3.05) is 0 Å². The summed E-state index contributed by atoms with van der Waals surface area (Å²) < 4.78 is 0. The van der Waals surface area contributed by atoms with Gasteiger partial charge in [0.2, 0.25) is 0 Å². The van der Waals surface area contributed by atoms with Crippen LogP contribution in [0, 0.1) is 6.42 Å². The van der Waals surface area contributed by atoms with Crippen LogP contribution in [0.25, 0.3) is 0 Å². The summed E-state index contributed by atoms with van der Waals surface area (Å²) in [6.07, 6.45) is 11.0. The number of aliphatic carboxylic acids is 1. The Balaban J connectivity index is 2.96. The minimum absolute atomic E-state index is 0.261. The second kappa shape index (κ2) is 8.31. The molecule has 0 aliphatic heterocycles. The number of unbranched alkanes of at least 4 members (excludes halogenated alkanes) is 4. The van der Waals surface area contributed by atoms with E-state index in [1.807, 2.05) is 13.0 Å². The van der Waals surface area contributed by atoms with E-state index in [-0.39, 0.29) is 6.42 Å². The average molecular weight is 168 g/mol. The molecule has 2 nitrogen and oxygen atoms in total. The monoisotopic (exact) mass is 168 g/mol. The quantitative estimate of drug-likeness (QED) is 0.468. The molecule has 0 fully saturated rings. The molecular formula is C10H16O2. The SMILES string of the molecule is CC=CCC[C]CCCC(=O)O. The van der Waals surface area contributed by atoms with Crippen molar-refractivity contribution in [3.63, 3.8) is 0 Å². The number of rotatable bonds is 7. The van der Waals surface area contributed by atoms with Crippen LogP contribution >= 0.6 is 0 Å². The van der Waals surface area contributed by atoms with E-state index in [1.165, 1.54) is 0 Å². The Kier molecular flexibility index (Phi) is 7.76. The highest BCUT2D eigenvalue weighted by Gasteiger charge is 1.95. The van der Waals surface area contributed by atoms with Crippen molar-refractivity contribution < 1.29 is 9.90 Å². The summed E-state index contributed by atoms with van der Waals surface area (Å²) in [6.45, 7) is 1.99. The van der Waals surface area contributed by atoms with Gasteiger partial charge in [-0.2, -0.15) is 0 Å². The fourth-order valence-corrected chi connectivity index (χ4v) is 0.842. The summed E-state index contributed by atoms with van der Waals surface area (Å²) in [7, 11) is 0. The molecular weight excluding hydrogens is 152 g/mol. The molecule has 0 saturated carbocycles. The van der Waals surface area contributed by atoms with Crippen molar-refractivity contribution in [3.8, 4) is 0 Å². The fourth-order valence-electron chi connectivity index (χ4n) is 0.842. The van der Waals surface area contributed by atoms with Crippen molar-refractivity contribution in [2.24, 2.45) is 0 Å². The lowest BCUT2D eigenvalue weighted by molar-refractivity contribution is -0.137. The predicted octanol–water partition coefficient (Wildman–Crippen LogP) is 2.68. The van der Waals surface area contributed by atoms with E-state index in [0.717, 1.165) is 19.3 Å². The zero-order chi connectivity index (χ0) is 9.23. The number of hydrogen-bond donors (Lipinski definition) is 1. The van der Waals surface area contributed by atoms with E-state index in [4.69, 9.17) is 5.11 Å². The average Bonchev–Trinajstić information content (AvgIpc) is 2.02. The molecule has 68 valence electrons. The Morgan fingerprint density at radius 1 is 1.50 bits per heavy atom. The van der Waals surface area contributed by atoms with Gasteiger partial charge in [-0.25, -0.2) is 0 Å². The summed E-state index contributed by atoms with van der Waals surface area (Å²) in [6, 6.07) is 0. The van der Waals surface area contributed by atoms with E-state index in [2.05, 4.69) is 12.5 Å². The topological polar surface area (TPSA) is 37.3 Å². The zero-order valence-electron chi connectivity index (χ0n) is 7.55. The lowest BCUT2D eigenvalue weighted by Crippen LogP contribution is -1.93. The Morgan fingerprint density at radius 3 is 2.83 bits per heavy atom. The van der Waals surface area contributed by atoms with Crippen molar-refractivity contribution >= 4 is 5.97 Å². The zero-order valence-corrected chi connectivity index (χ0v) is 7.55. The molecule has 12 heavy (non-hydrogen) atoms. The second-order valence-electron chi connectivity index (χ2n) is 2.61. The third kappa shape index (κ3) is 9.21. The number of hydrogen-bond acceptors (Lipinski definition) is 1. The molecule has 0 bridgehead atoms. The summed E-state index contributed by atoms with van der Waals surface area (Å²) in [5, 5.41) is 8.32. The van der Waals surface area contributed by atoms with Crippen LogP contribution in [0.15, 0.2) is 12.2 Å². The maximum absolute atomic E-state index is 10.1. The van der Waals surface area contributed by atoms with Crippen LogP contribution < -0.4 is 0 Å². The molecule has 0 aromatic heterocycles. The van der Waals surface area contributed by atoms with Gasteiger partial charge in [-0.05, 0) is 39.0 Å². The van der Waals surface area contributed by atoms with Crippen LogP contribution in [0.4, 0.5) is 0 Å². The van der Waals surface area contributed by atoms with Crippen LogP contribution in [0.1, 0.15) is 39.0 Å². The molecule has 0 aliphatic rings. The van der Waals surface area contributed by atoms with Gasteiger partial charge >= 0.3 is 5.97 Å². The maximum atomic E-state index is 10.1. The lowest BCUT2D eigenvalue weighted by Gasteiger charge is -1.95. The van der Waals surface area contributed by atoms with Gasteiger partial charge in [0.05, 0.1) is 0 Å². The number of carbonyl (C=O) groups is 1. The Bertz CT molecular complexity index is 139. The fraction of sp³-hybridized carbons (Fsp3) is 0.600. The lowest BCUT2D eigenvalue weighted by atomic mass is 10.1. The summed E-state index contributed by atoms with van der Waals surface area (Å²) >= 11 is 0. The first kappa shape index (κ1) is 11.2. The molecule has 2 heteroatoms. The summed E-state index contributed by atoms with van der Waals surface area (Å²) in [5.41, 5.74) is 0. The molecule has 0 heterocycles. The minimum atomic E-state index is -0.717. The third-order valence-electron chi connectivity index (χ3n) is 1.47. The van der Waals surface area contributed by atoms with Gasteiger partial charge < -0.3 is 5.11 Å². The van der Waals surface area contributed by atoms with Crippen molar-refractivity contribution in [3.05, 3.63) is 18.6 Å². The van der Waals surface area contributed by atoms with E-state index in [0.29, 0.717) is 6.42 Å². The number of carboxylic acids is 1. The van der Waals surface area contributed by atoms with Gasteiger partial charge in [0, 0.05) is 6.42 Å². The molecule has 0 unspecified atom stereocenters. The van der Waals surface area contributed by atoms with Gasteiger partial charge in [0.25, 0.3) is 0 Å². The van der Waals surface area contributed by atoms with Gasteiger partial charge in [-0.15, -0.1) is 0 Å². The first-order chi connectivity index (χ1) is 5.77. The van der Waals surface area contributed by atoms with E-state index in [1.54, 1.807) is 0 Å². The van der Waals surface area contributed by atoms with E-state index >= 15 is 0 Å². The first-order valence-electron chi connectivity index (χ1n) is 4.31. The van der Waals surface area contributed by atoms with Gasteiger partial charge in [-0.3, -0.25) is 4.79 Å². The molecule has 0 aromatic carbocycles. The van der Waals surface area contributed by atoms with Crippen molar-refractivity contribution in [1.29, 1.82) is 0 Å². The molecule has 0 rings (SSSR count). The smallest absolute Gasteiger partial charge is 0.303 e. The summed E-state index contributed by atoms with van der Waals surface area (Å²) in [4.78, 5) is 10.1. The number of allylic oxidation sites excluding steroid dienone is 2. The Hall–Kier alpha value is -0.790. The van der Waals surface area contributed by atoms with Crippen molar-refractivity contribution in [1.82, 2.24) is 0 Å². The van der Waals surface area contributed by atoms with Gasteiger partial charge in [0.1, 0.15) is 0 Å². The largest absolute Gasteiger partial charge is 0.481 e. The molecule has 0 spiro atoms. The highest BCUT2D eigenvalue weighted by molar-refractivity contribution is 5.66. The summed E-state index contributed by atoms with van der Waals surface area (Å²) in [5.74, 6) is -0.717. The minimum Gasteiger partial charge on any atom is -0.481 e. The van der Waals surface area contributed by atoms with Gasteiger partial charge in [-0.1, -0.05) is 12.2 Å². The van der Waals surface area contributed by atoms with Crippen LogP contribution in [0.5, 0.6) is 0 Å². The normalized spacial score (nSPS) is 10.8. The van der Waals surface area contributed by atoms with Crippen LogP contribution in [-0.2, 0) is 4.79 Å². The molecule has 0 amide bonds. The Labute approximate surface area is 74.3 Å². The number of carboxylic acid groups (broad SMARTS) is 1. The van der Waals surface area contributed by atoms with Crippen LogP contribution in [0.3, 0.4) is 0 Å². The van der Waals surface area contributed by atoms with E-state index in [9.17, 15) is 4.79 Å². The molecule has 0 aromatic rings. The van der Waals surface area contributed by atoms with Gasteiger partial charge in [0.15, 0.2) is 0 Å². The second-order valence-corrected chi connectivity index (χ2v) is 2.61. The molecule has 1 N–H and O–H groups in total. The predicted molar refractivity (Wildman–Crippen MR) is 48.8 cm³/mol. The third-order valence-corrected chi connectivity index (χ3v) is 1.47. The maximum Gasteiger partial charge on any atom is 0.303 e. The van der Waals surface area contributed by atoms with Crippen LogP contribution in [0.2, 0.25) is 0 Å². The molecule has 0 aliphatic carbocycles. The molecule has 0 atom stereocenters. The standard InChI is InChI=1S/C10H16O2/c1-2-3-4-5-6-7-8-9-10(11)12/h2-3H,4-5,7-9H2,1H3,(H,11,12). The first-order valence-corrected chi connectivity index (χ1v) is 4.31. The van der Waals surface area contributed by atoms with Crippen molar-refractivity contribution in [2.45, 2.75) is 39.0 Å². The van der Waals surface area contributed by atoms with Crippen LogP contribution in [-0.4, -0.2) is 11.1 Å².